The quantitative estimate of drug-likeness (QED) is 0.311. The third-order valence-electron chi connectivity index (χ3n) is 6.18. The van der Waals surface area contributed by atoms with Gasteiger partial charge in [-0.1, -0.05) is 24.3 Å². The van der Waals surface area contributed by atoms with E-state index in [-0.39, 0.29) is 18.6 Å². The minimum atomic E-state index is -0.539. The largest absolute Gasteiger partial charge is 0.495 e. The molecular formula is C25H27N5O3S. The standard InChI is InChI=1S/C25H27N5O3S/c1-14-22(24-28-18-8-4-6-10-21(18)34-24)23(27-16-11-15(13-31)19(32)12-16)30-25(26-14)29-17-7-3-5-9-20(17)33-2/h3-10,15-16,19,31-32H,11-13H2,1-2H3,(H2,26,27,29,30)/t15-,16-,19+/m1/s1. The van der Waals surface area contributed by atoms with Gasteiger partial charge in [0, 0.05) is 18.6 Å². The Bertz CT molecular complexity index is 1280. The Balaban J connectivity index is 1.55. The maximum Gasteiger partial charge on any atom is 0.229 e. The zero-order chi connectivity index (χ0) is 23.7. The molecule has 4 aromatic rings. The molecular weight excluding hydrogens is 450 g/mol. The monoisotopic (exact) mass is 477 g/mol. The summed E-state index contributed by atoms with van der Waals surface area (Å²) in [6.45, 7) is 1.91. The number of nitrogens with zero attached hydrogens (tertiary/aromatic N) is 3. The van der Waals surface area contributed by atoms with E-state index in [1.54, 1.807) is 18.4 Å². The van der Waals surface area contributed by atoms with Crippen LogP contribution in [0.25, 0.3) is 20.8 Å². The van der Waals surface area contributed by atoms with E-state index >= 15 is 0 Å². The predicted molar refractivity (Wildman–Crippen MR) is 135 cm³/mol. The van der Waals surface area contributed by atoms with Gasteiger partial charge in [0.1, 0.15) is 16.6 Å². The SMILES string of the molecule is COc1ccccc1Nc1nc(C)c(-c2nc3ccccc3s2)c(N[C@@H]2C[C@H](CO)[C@@H](O)C2)n1. The molecule has 5 rings (SSSR count). The number of ether oxygens (including phenoxy) is 1. The fourth-order valence-electron chi connectivity index (χ4n) is 4.45. The number of anilines is 3. The molecule has 176 valence electrons. The number of nitrogens with one attached hydrogen (secondary N) is 2. The topological polar surface area (TPSA) is 112 Å². The lowest BCUT2D eigenvalue weighted by molar-refractivity contribution is 0.0908. The summed E-state index contributed by atoms with van der Waals surface area (Å²) in [6, 6.07) is 15.6. The van der Waals surface area contributed by atoms with Crippen molar-refractivity contribution in [2.24, 2.45) is 5.92 Å². The van der Waals surface area contributed by atoms with Gasteiger partial charge in [-0.15, -0.1) is 11.3 Å². The van der Waals surface area contributed by atoms with Crippen LogP contribution in [0.1, 0.15) is 18.5 Å². The second kappa shape index (κ2) is 9.54. The Morgan fingerprint density at radius 2 is 1.85 bits per heavy atom. The van der Waals surface area contributed by atoms with Crippen molar-refractivity contribution in [3.8, 4) is 16.3 Å². The molecule has 1 aliphatic rings. The van der Waals surface area contributed by atoms with Crippen molar-refractivity contribution in [2.45, 2.75) is 31.9 Å². The number of aryl methyl sites for hydroxylation is 1. The van der Waals surface area contributed by atoms with Crippen LogP contribution in [0.5, 0.6) is 5.75 Å². The lowest BCUT2D eigenvalue weighted by Gasteiger charge is -2.18. The number of rotatable bonds is 7. The molecule has 0 saturated heterocycles. The van der Waals surface area contributed by atoms with Crippen molar-refractivity contribution in [1.29, 1.82) is 0 Å². The maximum absolute atomic E-state index is 10.3. The Morgan fingerprint density at radius 3 is 2.62 bits per heavy atom. The van der Waals surface area contributed by atoms with E-state index in [1.165, 1.54) is 0 Å². The molecule has 0 unspecified atom stereocenters. The van der Waals surface area contributed by atoms with Crippen LogP contribution in [0.2, 0.25) is 0 Å². The van der Waals surface area contributed by atoms with Crippen molar-refractivity contribution >= 4 is 39.0 Å². The smallest absolute Gasteiger partial charge is 0.229 e. The number of aliphatic hydroxyl groups excluding tert-OH is 2. The summed E-state index contributed by atoms with van der Waals surface area (Å²) in [4.78, 5) is 14.4. The first-order chi connectivity index (χ1) is 16.6. The molecule has 1 aliphatic carbocycles. The van der Waals surface area contributed by atoms with Gasteiger partial charge in [-0.3, -0.25) is 0 Å². The lowest BCUT2D eigenvalue weighted by Crippen LogP contribution is -2.19. The van der Waals surface area contributed by atoms with E-state index in [0.717, 1.165) is 32.2 Å². The van der Waals surface area contributed by atoms with Gasteiger partial charge in [-0.25, -0.2) is 9.97 Å². The summed E-state index contributed by atoms with van der Waals surface area (Å²) in [5.74, 6) is 1.64. The minimum Gasteiger partial charge on any atom is -0.495 e. The van der Waals surface area contributed by atoms with Gasteiger partial charge in [0.2, 0.25) is 5.95 Å². The highest BCUT2D eigenvalue weighted by molar-refractivity contribution is 7.21. The second-order valence-electron chi connectivity index (χ2n) is 8.49. The third kappa shape index (κ3) is 4.42. The van der Waals surface area contributed by atoms with Crippen LogP contribution in [0.15, 0.2) is 48.5 Å². The zero-order valence-electron chi connectivity index (χ0n) is 19.0. The molecule has 0 amide bonds. The summed E-state index contributed by atoms with van der Waals surface area (Å²) in [6.07, 6.45) is 0.667. The van der Waals surface area contributed by atoms with Crippen LogP contribution in [0.3, 0.4) is 0 Å². The molecule has 3 atom stereocenters. The van der Waals surface area contributed by atoms with Crippen molar-refractivity contribution in [3.05, 3.63) is 54.2 Å². The maximum atomic E-state index is 10.3. The Labute approximate surface area is 201 Å². The Morgan fingerprint density at radius 1 is 1.06 bits per heavy atom. The van der Waals surface area contributed by atoms with Gasteiger partial charge in [0.05, 0.1) is 40.4 Å². The number of methoxy groups -OCH3 is 1. The van der Waals surface area contributed by atoms with Crippen LogP contribution in [0.4, 0.5) is 17.5 Å². The number of thiazole rings is 1. The van der Waals surface area contributed by atoms with E-state index in [2.05, 4.69) is 16.7 Å². The van der Waals surface area contributed by atoms with Crippen LogP contribution in [-0.2, 0) is 0 Å². The highest BCUT2D eigenvalue weighted by Gasteiger charge is 2.33. The molecule has 2 aromatic carbocycles. The van der Waals surface area contributed by atoms with Gasteiger partial charge in [-0.05, 0) is 44.0 Å². The molecule has 1 saturated carbocycles. The normalized spacial score (nSPS) is 19.9. The van der Waals surface area contributed by atoms with Crippen LogP contribution < -0.4 is 15.4 Å². The summed E-state index contributed by atoms with van der Waals surface area (Å²) in [7, 11) is 1.62. The van der Waals surface area contributed by atoms with E-state index in [1.807, 2.05) is 49.4 Å². The first-order valence-electron chi connectivity index (χ1n) is 11.3. The predicted octanol–water partition coefficient (Wildman–Crippen LogP) is 4.36. The third-order valence-corrected chi connectivity index (χ3v) is 7.24. The summed E-state index contributed by atoms with van der Waals surface area (Å²) < 4.78 is 6.55. The molecule has 2 heterocycles. The van der Waals surface area contributed by atoms with E-state index in [0.29, 0.717) is 30.4 Å². The number of aromatic nitrogens is 3. The lowest BCUT2D eigenvalue weighted by atomic mass is 10.1. The average Bonchev–Trinajstić information content (AvgIpc) is 3.41. The van der Waals surface area contributed by atoms with Crippen molar-refractivity contribution in [3.63, 3.8) is 0 Å². The van der Waals surface area contributed by atoms with Gasteiger partial charge in [0.15, 0.2) is 0 Å². The number of hydrogen-bond donors (Lipinski definition) is 4. The van der Waals surface area contributed by atoms with Crippen molar-refractivity contribution < 1.29 is 14.9 Å². The molecule has 0 radical (unpaired) electrons. The van der Waals surface area contributed by atoms with Crippen LogP contribution in [0, 0.1) is 12.8 Å². The molecule has 0 aliphatic heterocycles. The molecule has 0 bridgehead atoms. The molecule has 0 spiro atoms. The molecule has 1 fully saturated rings. The number of aliphatic hydroxyl groups is 2. The van der Waals surface area contributed by atoms with E-state index in [9.17, 15) is 10.2 Å². The van der Waals surface area contributed by atoms with Gasteiger partial charge in [-0.2, -0.15) is 4.98 Å². The highest BCUT2D eigenvalue weighted by Crippen LogP contribution is 2.38. The van der Waals surface area contributed by atoms with Crippen LogP contribution in [-0.4, -0.2) is 51.0 Å². The summed E-state index contributed by atoms with van der Waals surface area (Å²) in [5, 5.41) is 27.5. The van der Waals surface area contributed by atoms with Crippen molar-refractivity contribution in [2.75, 3.05) is 24.4 Å². The molecule has 4 N–H and O–H groups in total. The molecule has 34 heavy (non-hydrogen) atoms. The molecule has 2 aromatic heterocycles. The Hall–Kier alpha value is -3.27. The second-order valence-corrected chi connectivity index (χ2v) is 9.52. The van der Waals surface area contributed by atoms with E-state index in [4.69, 9.17) is 19.7 Å². The van der Waals surface area contributed by atoms with Crippen molar-refractivity contribution in [1.82, 2.24) is 15.0 Å². The first-order valence-corrected chi connectivity index (χ1v) is 12.1. The average molecular weight is 478 g/mol. The number of para-hydroxylation sites is 3. The number of fused-ring (bicyclic) bond motifs is 1. The number of hydrogen-bond acceptors (Lipinski definition) is 9. The van der Waals surface area contributed by atoms with Gasteiger partial charge < -0.3 is 25.6 Å². The van der Waals surface area contributed by atoms with E-state index < -0.39 is 6.10 Å². The fraction of sp³-hybridized carbons (Fsp3) is 0.320. The summed E-state index contributed by atoms with van der Waals surface area (Å²) >= 11 is 1.60. The van der Waals surface area contributed by atoms with Gasteiger partial charge >= 0.3 is 0 Å². The molecule has 9 heteroatoms. The first kappa shape index (κ1) is 22.5. The zero-order valence-corrected chi connectivity index (χ0v) is 19.8. The molecule has 8 nitrogen and oxygen atoms in total. The van der Waals surface area contributed by atoms with Crippen LogP contribution >= 0.6 is 11.3 Å². The fourth-order valence-corrected chi connectivity index (χ4v) is 5.51. The number of benzene rings is 2. The highest BCUT2D eigenvalue weighted by atomic mass is 32.1. The minimum absolute atomic E-state index is 0.0197. The Kier molecular flexibility index (Phi) is 6.32. The summed E-state index contributed by atoms with van der Waals surface area (Å²) in [5.41, 5.74) is 3.32. The van der Waals surface area contributed by atoms with Gasteiger partial charge in [0.25, 0.3) is 0 Å².